The van der Waals surface area contributed by atoms with Crippen LogP contribution < -0.4 is 0 Å². The SMILES string of the molecule is O=C1OCC2=C1CC(c1ccccc1)=C2c1ccccc1. The molecule has 2 aromatic rings. The maximum Gasteiger partial charge on any atom is 0.335 e. The van der Waals surface area contributed by atoms with Crippen LogP contribution in [0.1, 0.15) is 17.5 Å². The highest BCUT2D eigenvalue weighted by Gasteiger charge is 2.35. The molecule has 0 saturated heterocycles. The molecule has 21 heavy (non-hydrogen) atoms. The van der Waals surface area contributed by atoms with Gasteiger partial charge in [-0.3, -0.25) is 0 Å². The number of allylic oxidation sites excluding steroid dienone is 1. The summed E-state index contributed by atoms with van der Waals surface area (Å²) >= 11 is 0. The predicted molar refractivity (Wildman–Crippen MR) is 82.3 cm³/mol. The number of esters is 1. The van der Waals surface area contributed by atoms with E-state index < -0.39 is 0 Å². The van der Waals surface area contributed by atoms with Crippen molar-refractivity contribution in [1.82, 2.24) is 0 Å². The average molecular weight is 274 g/mol. The Morgan fingerprint density at radius 3 is 2.00 bits per heavy atom. The van der Waals surface area contributed by atoms with E-state index in [1.54, 1.807) is 0 Å². The van der Waals surface area contributed by atoms with E-state index in [9.17, 15) is 4.79 Å². The molecule has 0 spiro atoms. The van der Waals surface area contributed by atoms with Gasteiger partial charge in [-0.15, -0.1) is 0 Å². The molecule has 1 aliphatic heterocycles. The van der Waals surface area contributed by atoms with Crippen LogP contribution in [0.3, 0.4) is 0 Å². The lowest BCUT2D eigenvalue weighted by molar-refractivity contribution is -0.136. The number of carbonyl (C=O) groups is 1. The van der Waals surface area contributed by atoms with Gasteiger partial charge in [0, 0.05) is 17.6 Å². The van der Waals surface area contributed by atoms with Crippen molar-refractivity contribution in [3.63, 3.8) is 0 Å². The molecular weight excluding hydrogens is 260 g/mol. The lowest BCUT2D eigenvalue weighted by atomic mass is 9.94. The minimum Gasteiger partial charge on any atom is -0.457 e. The maximum atomic E-state index is 11.9. The number of benzene rings is 2. The molecule has 102 valence electrons. The molecular formula is C19H14O2. The fraction of sp³-hybridized carbons (Fsp3) is 0.105. The molecule has 0 fully saturated rings. The van der Waals surface area contributed by atoms with Crippen LogP contribution >= 0.6 is 0 Å². The zero-order chi connectivity index (χ0) is 14.2. The van der Waals surface area contributed by atoms with Crippen molar-refractivity contribution in [3.8, 4) is 0 Å². The Morgan fingerprint density at radius 1 is 0.714 bits per heavy atom. The molecule has 2 aromatic carbocycles. The minimum atomic E-state index is -0.163. The zero-order valence-corrected chi connectivity index (χ0v) is 11.5. The maximum absolute atomic E-state index is 11.9. The van der Waals surface area contributed by atoms with Crippen LogP contribution in [0.25, 0.3) is 11.1 Å². The van der Waals surface area contributed by atoms with Crippen LogP contribution in [0.4, 0.5) is 0 Å². The Labute approximate surface area is 123 Å². The average Bonchev–Trinajstić information content (AvgIpc) is 3.09. The first kappa shape index (κ1) is 12.2. The third-order valence-corrected chi connectivity index (χ3v) is 4.10. The van der Waals surface area contributed by atoms with Crippen molar-refractivity contribution in [2.45, 2.75) is 6.42 Å². The van der Waals surface area contributed by atoms with Gasteiger partial charge in [-0.2, -0.15) is 0 Å². The van der Waals surface area contributed by atoms with Gasteiger partial charge in [0.1, 0.15) is 6.61 Å². The van der Waals surface area contributed by atoms with Crippen LogP contribution in [0, 0.1) is 0 Å². The van der Waals surface area contributed by atoms with E-state index in [4.69, 9.17) is 4.74 Å². The zero-order valence-electron chi connectivity index (χ0n) is 11.5. The van der Waals surface area contributed by atoms with E-state index in [1.807, 2.05) is 36.4 Å². The minimum absolute atomic E-state index is 0.163. The highest BCUT2D eigenvalue weighted by atomic mass is 16.5. The van der Waals surface area contributed by atoms with Crippen molar-refractivity contribution < 1.29 is 9.53 Å². The van der Waals surface area contributed by atoms with E-state index >= 15 is 0 Å². The molecule has 0 saturated carbocycles. The Kier molecular flexibility index (Phi) is 2.74. The first-order valence-electron chi connectivity index (χ1n) is 7.08. The van der Waals surface area contributed by atoms with Crippen molar-refractivity contribution >= 4 is 17.1 Å². The lowest BCUT2D eigenvalue weighted by Gasteiger charge is -2.12. The van der Waals surface area contributed by atoms with Gasteiger partial charge >= 0.3 is 5.97 Å². The van der Waals surface area contributed by atoms with Crippen LogP contribution in [-0.2, 0) is 9.53 Å². The second kappa shape index (κ2) is 4.74. The summed E-state index contributed by atoms with van der Waals surface area (Å²) in [6.45, 7) is 0.398. The molecule has 4 rings (SSSR count). The van der Waals surface area contributed by atoms with Gasteiger partial charge in [0.25, 0.3) is 0 Å². The summed E-state index contributed by atoms with van der Waals surface area (Å²) in [6, 6.07) is 20.5. The summed E-state index contributed by atoms with van der Waals surface area (Å²) < 4.78 is 5.21. The summed E-state index contributed by atoms with van der Waals surface area (Å²) in [4.78, 5) is 11.9. The molecule has 2 heteroatoms. The second-order valence-electron chi connectivity index (χ2n) is 5.30. The van der Waals surface area contributed by atoms with E-state index in [0.717, 1.165) is 16.7 Å². The smallest absolute Gasteiger partial charge is 0.335 e. The molecule has 0 aromatic heterocycles. The Bertz CT molecular complexity index is 768. The summed E-state index contributed by atoms with van der Waals surface area (Å²) in [5.41, 5.74) is 6.61. The highest BCUT2D eigenvalue weighted by molar-refractivity contribution is 6.11. The summed E-state index contributed by atoms with van der Waals surface area (Å²) in [5, 5.41) is 0. The molecule has 0 radical (unpaired) electrons. The van der Waals surface area contributed by atoms with Crippen LogP contribution in [0.2, 0.25) is 0 Å². The van der Waals surface area contributed by atoms with Gasteiger partial charge in [-0.1, -0.05) is 60.7 Å². The Balaban J connectivity index is 1.92. The normalized spacial score (nSPS) is 17.2. The molecule has 1 heterocycles. The van der Waals surface area contributed by atoms with Crippen LogP contribution in [0.15, 0.2) is 71.8 Å². The molecule has 2 nitrogen and oxygen atoms in total. The van der Waals surface area contributed by atoms with Gasteiger partial charge in [0.05, 0.1) is 0 Å². The molecule has 0 atom stereocenters. The number of cyclic esters (lactones) is 1. The lowest BCUT2D eigenvalue weighted by Crippen LogP contribution is -2.01. The topological polar surface area (TPSA) is 26.3 Å². The summed E-state index contributed by atoms with van der Waals surface area (Å²) in [5.74, 6) is -0.163. The number of hydrogen-bond donors (Lipinski definition) is 0. The fourth-order valence-corrected chi connectivity index (χ4v) is 3.12. The van der Waals surface area contributed by atoms with Crippen LogP contribution in [-0.4, -0.2) is 12.6 Å². The van der Waals surface area contributed by atoms with Gasteiger partial charge < -0.3 is 4.74 Å². The van der Waals surface area contributed by atoms with Crippen molar-refractivity contribution in [2.24, 2.45) is 0 Å². The van der Waals surface area contributed by atoms with E-state index in [-0.39, 0.29) is 5.97 Å². The Morgan fingerprint density at radius 2 is 1.33 bits per heavy atom. The number of hydrogen-bond acceptors (Lipinski definition) is 2. The van der Waals surface area contributed by atoms with Gasteiger partial charge in [-0.25, -0.2) is 4.79 Å². The van der Waals surface area contributed by atoms with Crippen molar-refractivity contribution in [2.75, 3.05) is 6.61 Å². The second-order valence-corrected chi connectivity index (χ2v) is 5.30. The largest absolute Gasteiger partial charge is 0.457 e. The molecule has 0 amide bonds. The molecule has 0 N–H and O–H groups in total. The van der Waals surface area contributed by atoms with Gasteiger partial charge in [-0.05, 0) is 22.3 Å². The van der Waals surface area contributed by atoms with E-state index in [2.05, 4.69) is 24.3 Å². The number of carbonyl (C=O) groups excluding carboxylic acids is 1. The summed E-state index contributed by atoms with van der Waals surface area (Å²) in [6.07, 6.45) is 0.669. The summed E-state index contributed by atoms with van der Waals surface area (Å²) in [7, 11) is 0. The molecule has 0 unspecified atom stereocenters. The first-order chi connectivity index (χ1) is 10.3. The molecule has 0 bridgehead atoms. The monoisotopic (exact) mass is 274 g/mol. The quantitative estimate of drug-likeness (QED) is 0.777. The molecule has 2 aliphatic rings. The predicted octanol–water partition coefficient (Wildman–Crippen LogP) is 3.85. The fourth-order valence-electron chi connectivity index (χ4n) is 3.12. The first-order valence-corrected chi connectivity index (χ1v) is 7.08. The van der Waals surface area contributed by atoms with Gasteiger partial charge in [0.15, 0.2) is 0 Å². The van der Waals surface area contributed by atoms with Crippen LogP contribution in [0.5, 0.6) is 0 Å². The third-order valence-electron chi connectivity index (χ3n) is 4.10. The number of ether oxygens (including phenoxy) is 1. The van der Waals surface area contributed by atoms with E-state index in [0.29, 0.717) is 13.0 Å². The standard InChI is InChI=1S/C19H14O2/c20-19-16-11-15(13-7-3-1-4-8-13)18(17(16)12-21-19)14-9-5-2-6-10-14/h1-10H,11-12H2. The number of rotatable bonds is 2. The van der Waals surface area contributed by atoms with Crippen molar-refractivity contribution in [1.29, 1.82) is 0 Å². The highest BCUT2D eigenvalue weighted by Crippen LogP contribution is 2.46. The van der Waals surface area contributed by atoms with Gasteiger partial charge in [0.2, 0.25) is 0 Å². The van der Waals surface area contributed by atoms with Crippen molar-refractivity contribution in [3.05, 3.63) is 82.9 Å². The molecule has 1 aliphatic carbocycles. The van der Waals surface area contributed by atoms with E-state index in [1.165, 1.54) is 16.7 Å². The third kappa shape index (κ3) is 1.91. The Hall–Kier alpha value is -2.61.